The molecule has 0 aliphatic heterocycles. The summed E-state index contributed by atoms with van der Waals surface area (Å²) in [6.45, 7) is 2.41. The van der Waals surface area contributed by atoms with Gasteiger partial charge in [-0.3, -0.25) is 0 Å². The third-order valence-corrected chi connectivity index (χ3v) is 0.833. The second kappa shape index (κ2) is 5.37. The summed E-state index contributed by atoms with van der Waals surface area (Å²) in [4.78, 5) is 10.2. The molecule has 1 radical (unpaired) electrons. The number of hydrogen-bond donors (Lipinski definition) is 1. The molecule has 0 aromatic rings. The zero-order valence-electron chi connectivity index (χ0n) is 5.44. The van der Waals surface area contributed by atoms with Gasteiger partial charge >= 0.3 is 6.09 Å². The summed E-state index contributed by atoms with van der Waals surface area (Å²) in [6.07, 6.45) is 1.17. The Hall–Kier alpha value is -0.770. The van der Waals surface area contributed by atoms with Gasteiger partial charge in [0.25, 0.3) is 0 Å². The van der Waals surface area contributed by atoms with Gasteiger partial charge in [-0.2, -0.15) is 0 Å². The number of hydrogen-bond acceptors (Lipinski definition) is 2. The Balaban J connectivity index is 2.97. The van der Waals surface area contributed by atoms with Crippen molar-refractivity contribution in [2.75, 3.05) is 6.61 Å². The molecule has 0 fully saturated rings. The van der Waals surface area contributed by atoms with E-state index in [1.165, 1.54) is 0 Å². The average Bonchev–Trinajstić information content (AvgIpc) is 1.89. The Bertz CT molecular complexity index is 85.0. The van der Waals surface area contributed by atoms with Crippen LogP contribution < -0.4 is 11.3 Å². The number of amides is 1. The van der Waals surface area contributed by atoms with E-state index in [9.17, 15) is 4.79 Å². The van der Waals surface area contributed by atoms with Crippen LogP contribution in [0.15, 0.2) is 0 Å². The standard InChI is InChI=1S/C5H11N2O2/c1-2-3-4-9-5(8)7-6/h6H,2-4H2,1H3,(H,7,8). The largest absolute Gasteiger partial charge is 0.449 e. The zero-order chi connectivity index (χ0) is 7.11. The Morgan fingerprint density at radius 1 is 1.78 bits per heavy atom. The van der Waals surface area contributed by atoms with Crippen molar-refractivity contribution in [2.24, 2.45) is 0 Å². The van der Waals surface area contributed by atoms with Crippen LogP contribution in [0.3, 0.4) is 0 Å². The first kappa shape index (κ1) is 8.23. The number of rotatable bonds is 3. The van der Waals surface area contributed by atoms with Gasteiger partial charge in [-0.1, -0.05) is 13.3 Å². The van der Waals surface area contributed by atoms with E-state index >= 15 is 0 Å². The molecule has 0 saturated carbocycles. The van der Waals surface area contributed by atoms with Gasteiger partial charge in [-0.25, -0.2) is 10.2 Å². The smallest absolute Gasteiger partial charge is 0.422 e. The Labute approximate surface area is 54.3 Å². The van der Waals surface area contributed by atoms with Crippen molar-refractivity contribution < 1.29 is 9.53 Å². The first-order valence-electron chi connectivity index (χ1n) is 2.90. The molecular formula is C5H11N2O2. The van der Waals surface area contributed by atoms with Crippen molar-refractivity contribution in [3.63, 3.8) is 0 Å². The summed E-state index contributed by atoms with van der Waals surface area (Å²) in [5, 5.41) is 0. The Morgan fingerprint density at radius 3 is 2.89 bits per heavy atom. The molecule has 4 nitrogen and oxygen atoms in total. The molecule has 0 aliphatic carbocycles. The number of unbranched alkanes of at least 4 members (excludes halogenated alkanes) is 1. The summed E-state index contributed by atoms with van der Waals surface area (Å²) in [7, 11) is 0. The molecule has 4 heteroatoms. The predicted octanol–water partition coefficient (Wildman–Crippen LogP) is 0.711. The molecule has 0 atom stereocenters. The number of ether oxygens (including phenoxy) is 1. The molecule has 0 spiro atoms. The van der Waals surface area contributed by atoms with Crippen LogP contribution >= 0.6 is 0 Å². The molecular weight excluding hydrogens is 120 g/mol. The van der Waals surface area contributed by atoms with Gasteiger partial charge in [0.2, 0.25) is 0 Å². The van der Waals surface area contributed by atoms with Crippen molar-refractivity contribution in [3.05, 3.63) is 0 Å². The number of carbonyl (C=O) groups excluding carboxylic acids is 1. The van der Waals surface area contributed by atoms with E-state index < -0.39 is 6.09 Å². The van der Waals surface area contributed by atoms with Crippen LogP contribution in [0, 0.1) is 0 Å². The van der Waals surface area contributed by atoms with Crippen LogP contribution in [0.4, 0.5) is 4.79 Å². The van der Waals surface area contributed by atoms with E-state index in [0.717, 1.165) is 12.8 Å². The van der Waals surface area contributed by atoms with Crippen molar-refractivity contribution in [1.29, 1.82) is 0 Å². The van der Waals surface area contributed by atoms with Crippen LogP contribution in [-0.4, -0.2) is 12.7 Å². The van der Waals surface area contributed by atoms with E-state index in [1.54, 1.807) is 5.43 Å². The summed E-state index contributed by atoms with van der Waals surface area (Å²) < 4.78 is 4.49. The minimum Gasteiger partial charge on any atom is -0.449 e. The number of carbonyl (C=O) groups is 1. The quantitative estimate of drug-likeness (QED) is 0.453. The van der Waals surface area contributed by atoms with Crippen molar-refractivity contribution in [3.8, 4) is 0 Å². The van der Waals surface area contributed by atoms with E-state index in [-0.39, 0.29) is 0 Å². The van der Waals surface area contributed by atoms with Crippen LogP contribution in [0.5, 0.6) is 0 Å². The predicted molar refractivity (Wildman–Crippen MR) is 32.5 cm³/mol. The fourth-order valence-electron chi connectivity index (χ4n) is 0.345. The van der Waals surface area contributed by atoms with E-state index in [4.69, 9.17) is 5.84 Å². The molecule has 0 unspecified atom stereocenters. The normalized spacial score (nSPS) is 8.67. The highest BCUT2D eigenvalue weighted by molar-refractivity contribution is 5.66. The maximum Gasteiger partial charge on any atom is 0.422 e. The SMILES string of the molecule is CCCCOC(=O)N[NH]. The van der Waals surface area contributed by atoms with Crippen LogP contribution in [0.1, 0.15) is 19.8 Å². The topological polar surface area (TPSA) is 62.1 Å². The van der Waals surface area contributed by atoms with Gasteiger partial charge in [-0.05, 0) is 6.42 Å². The third kappa shape index (κ3) is 5.10. The van der Waals surface area contributed by atoms with Crippen LogP contribution in [-0.2, 0) is 4.74 Å². The lowest BCUT2D eigenvalue weighted by molar-refractivity contribution is 0.144. The molecule has 0 heterocycles. The molecule has 0 bridgehead atoms. The first-order valence-corrected chi connectivity index (χ1v) is 2.90. The van der Waals surface area contributed by atoms with E-state index in [1.807, 2.05) is 6.92 Å². The second-order valence-electron chi connectivity index (χ2n) is 1.61. The lowest BCUT2D eigenvalue weighted by Crippen LogP contribution is -2.22. The molecule has 0 aromatic heterocycles. The van der Waals surface area contributed by atoms with Gasteiger partial charge in [0, 0.05) is 0 Å². The van der Waals surface area contributed by atoms with Crippen molar-refractivity contribution in [2.45, 2.75) is 19.8 Å². The second-order valence-corrected chi connectivity index (χ2v) is 1.61. The fraction of sp³-hybridized carbons (Fsp3) is 0.800. The number of nitrogens with one attached hydrogen (secondary N) is 2. The molecule has 0 saturated heterocycles. The van der Waals surface area contributed by atoms with Crippen molar-refractivity contribution >= 4 is 6.09 Å². The fourth-order valence-corrected chi connectivity index (χ4v) is 0.345. The lowest BCUT2D eigenvalue weighted by Gasteiger charge is -1.99. The maximum atomic E-state index is 10.2. The van der Waals surface area contributed by atoms with Gasteiger partial charge < -0.3 is 4.74 Å². The van der Waals surface area contributed by atoms with Gasteiger partial charge in [-0.15, -0.1) is 5.84 Å². The molecule has 9 heavy (non-hydrogen) atoms. The lowest BCUT2D eigenvalue weighted by atomic mass is 10.4. The van der Waals surface area contributed by atoms with E-state index in [2.05, 4.69) is 4.74 Å². The molecule has 1 amide bonds. The van der Waals surface area contributed by atoms with Gasteiger partial charge in [0.05, 0.1) is 6.61 Å². The third-order valence-electron chi connectivity index (χ3n) is 0.833. The average molecular weight is 131 g/mol. The highest BCUT2D eigenvalue weighted by Gasteiger charge is 1.94. The minimum atomic E-state index is -0.677. The first-order chi connectivity index (χ1) is 4.31. The molecule has 0 aliphatic rings. The molecule has 0 aromatic carbocycles. The summed E-state index contributed by atoms with van der Waals surface area (Å²) in [6, 6.07) is 0. The molecule has 2 N–H and O–H groups in total. The van der Waals surface area contributed by atoms with Crippen LogP contribution in [0.2, 0.25) is 0 Å². The summed E-state index contributed by atoms with van der Waals surface area (Å²) in [5.74, 6) is 6.32. The Morgan fingerprint density at radius 2 is 2.44 bits per heavy atom. The van der Waals surface area contributed by atoms with Gasteiger partial charge in [0.15, 0.2) is 0 Å². The van der Waals surface area contributed by atoms with Gasteiger partial charge in [0.1, 0.15) is 0 Å². The highest BCUT2D eigenvalue weighted by atomic mass is 16.5. The van der Waals surface area contributed by atoms with Crippen molar-refractivity contribution in [1.82, 2.24) is 11.3 Å². The minimum absolute atomic E-state index is 0.404. The summed E-state index contributed by atoms with van der Waals surface area (Å²) >= 11 is 0. The monoisotopic (exact) mass is 131 g/mol. The van der Waals surface area contributed by atoms with Crippen LogP contribution in [0.25, 0.3) is 0 Å². The highest BCUT2D eigenvalue weighted by Crippen LogP contribution is 1.86. The molecule has 0 rings (SSSR count). The Kier molecular flexibility index (Phi) is 4.91. The molecule has 53 valence electrons. The summed E-state index contributed by atoms with van der Waals surface area (Å²) in [5.41, 5.74) is 1.61. The van der Waals surface area contributed by atoms with E-state index in [0.29, 0.717) is 6.61 Å². The zero-order valence-corrected chi connectivity index (χ0v) is 5.44. The maximum absolute atomic E-state index is 10.2.